The zero-order valence-electron chi connectivity index (χ0n) is 13.3. The molecular formula is C18H18BrNO3S. The lowest BCUT2D eigenvalue weighted by Gasteiger charge is -2.07. The van der Waals surface area contributed by atoms with Gasteiger partial charge in [0.15, 0.2) is 5.78 Å². The van der Waals surface area contributed by atoms with Gasteiger partial charge >= 0.3 is 0 Å². The van der Waals surface area contributed by atoms with Crippen LogP contribution in [-0.4, -0.2) is 29.8 Å². The first-order chi connectivity index (χ1) is 11.5. The summed E-state index contributed by atoms with van der Waals surface area (Å²) in [4.78, 5) is 23.1. The third kappa shape index (κ3) is 6.37. The van der Waals surface area contributed by atoms with E-state index in [0.29, 0.717) is 23.6 Å². The molecule has 4 nitrogen and oxygen atoms in total. The van der Waals surface area contributed by atoms with Crippen LogP contribution >= 0.6 is 27.7 Å². The molecule has 0 atom stereocenters. The number of benzene rings is 2. The Kier molecular flexibility index (Phi) is 7.34. The van der Waals surface area contributed by atoms with Crippen molar-refractivity contribution in [3.8, 4) is 5.75 Å². The Hall–Kier alpha value is -1.79. The molecule has 0 saturated heterocycles. The molecule has 0 fully saturated rings. The molecule has 126 valence electrons. The monoisotopic (exact) mass is 407 g/mol. The predicted molar refractivity (Wildman–Crippen MR) is 102 cm³/mol. The van der Waals surface area contributed by atoms with E-state index in [0.717, 1.165) is 16.0 Å². The van der Waals surface area contributed by atoms with Crippen molar-refractivity contribution in [1.82, 2.24) is 0 Å². The number of rotatable bonds is 8. The Labute approximate surface area is 154 Å². The fraction of sp³-hybridized carbons (Fsp3) is 0.222. The minimum atomic E-state index is -0.0702. The van der Waals surface area contributed by atoms with Gasteiger partial charge in [-0.25, -0.2) is 0 Å². The van der Waals surface area contributed by atoms with Crippen LogP contribution in [0.15, 0.2) is 53.0 Å². The molecule has 0 aliphatic rings. The lowest BCUT2D eigenvalue weighted by molar-refractivity contribution is -0.113. The van der Waals surface area contributed by atoms with Crippen molar-refractivity contribution >= 4 is 45.1 Å². The number of anilines is 1. The van der Waals surface area contributed by atoms with E-state index in [4.69, 9.17) is 4.74 Å². The van der Waals surface area contributed by atoms with Crippen LogP contribution in [-0.2, 0) is 4.79 Å². The number of nitrogens with one attached hydrogen (secondary N) is 1. The van der Waals surface area contributed by atoms with Gasteiger partial charge in [-0.2, -0.15) is 0 Å². The van der Waals surface area contributed by atoms with Gasteiger partial charge in [0.25, 0.3) is 0 Å². The minimum Gasteiger partial charge on any atom is -0.493 e. The van der Waals surface area contributed by atoms with E-state index in [-0.39, 0.29) is 11.7 Å². The van der Waals surface area contributed by atoms with Gasteiger partial charge in [0.2, 0.25) is 5.91 Å². The molecular weight excluding hydrogens is 390 g/mol. The van der Waals surface area contributed by atoms with Gasteiger partial charge in [0.05, 0.1) is 12.4 Å². The molecule has 24 heavy (non-hydrogen) atoms. The molecule has 0 saturated carbocycles. The second-order valence-corrected chi connectivity index (χ2v) is 7.06. The average Bonchev–Trinajstić information content (AvgIpc) is 2.56. The van der Waals surface area contributed by atoms with Gasteiger partial charge in [0.1, 0.15) is 5.75 Å². The highest BCUT2D eigenvalue weighted by molar-refractivity contribution is 9.10. The van der Waals surface area contributed by atoms with Crippen LogP contribution in [0.1, 0.15) is 17.3 Å². The van der Waals surface area contributed by atoms with Gasteiger partial charge in [-0.15, -0.1) is 11.8 Å². The van der Waals surface area contributed by atoms with Crippen molar-refractivity contribution in [1.29, 1.82) is 0 Å². The van der Waals surface area contributed by atoms with Crippen molar-refractivity contribution in [2.75, 3.05) is 23.4 Å². The largest absolute Gasteiger partial charge is 0.493 e. The van der Waals surface area contributed by atoms with Gasteiger partial charge in [-0.1, -0.05) is 15.9 Å². The number of ketones is 1. The molecule has 2 rings (SSSR count). The molecule has 1 N–H and O–H groups in total. The van der Waals surface area contributed by atoms with Crippen LogP contribution < -0.4 is 10.1 Å². The number of Topliss-reactive ketones (excluding diaryl/α,β-unsaturated/α-hetero) is 1. The summed E-state index contributed by atoms with van der Waals surface area (Å²) in [6, 6.07) is 14.5. The van der Waals surface area contributed by atoms with Crippen molar-refractivity contribution < 1.29 is 14.3 Å². The normalized spacial score (nSPS) is 10.2. The minimum absolute atomic E-state index is 0.00852. The molecule has 0 radical (unpaired) electrons. The summed E-state index contributed by atoms with van der Waals surface area (Å²) in [7, 11) is 0. The van der Waals surface area contributed by atoms with Gasteiger partial charge in [-0.05, 0) is 55.5 Å². The second-order valence-electron chi connectivity index (χ2n) is 5.04. The number of hydrogen-bond donors (Lipinski definition) is 1. The Morgan fingerprint density at radius 2 is 1.75 bits per heavy atom. The molecule has 0 heterocycles. The number of hydrogen-bond acceptors (Lipinski definition) is 4. The maximum Gasteiger partial charge on any atom is 0.234 e. The SMILES string of the molecule is CC(=O)c1ccc(NC(=O)CSCCOc2ccc(Br)cc2)cc1. The molecule has 1 amide bonds. The number of carbonyl (C=O) groups excluding carboxylic acids is 2. The van der Waals surface area contributed by atoms with Crippen molar-refractivity contribution in [2.45, 2.75) is 6.92 Å². The van der Waals surface area contributed by atoms with Gasteiger partial charge < -0.3 is 10.1 Å². The Bertz CT molecular complexity index is 686. The summed E-state index contributed by atoms with van der Waals surface area (Å²) in [6.07, 6.45) is 0. The smallest absolute Gasteiger partial charge is 0.234 e. The van der Waals surface area contributed by atoms with Crippen LogP contribution in [0.5, 0.6) is 5.75 Å². The first kappa shape index (κ1) is 18.5. The summed E-state index contributed by atoms with van der Waals surface area (Å²) in [5.41, 5.74) is 1.32. The van der Waals surface area contributed by atoms with Crippen molar-refractivity contribution in [3.05, 3.63) is 58.6 Å². The Morgan fingerprint density at radius 1 is 1.08 bits per heavy atom. The van der Waals surface area contributed by atoms with Crippen LogP contribution in [0, 0.1) is 0 Å². The maximum absolute atomic E-state index is 11.9. The number of amides is 1. The summed E-state index contributed by atoms with van der Waals surface area (Å²) in [5.74, 6) is 1.84. The van der Waals surface area contributed by atoms with Gasteiger partial charge in [-0.3, -0.25) is 9.59 Å². The van der Waals surface area contributed by atoms with Crippen LogP contribution in [0.3, 0.4) is 0 Å². The number of ether oxygens (including phenoxy) is 1. The highest BCUT2D eigenvalue weighted by Crippen LogP contribution is 2.16. The molecule has 0 aromatic heterocycles. The highest BCUT2D eigenvalue weighted by atomic mass is 79.9. The van der Waals surface area contributed by atoms with E-state index in [2.05, 4.69) is 21.2 Å². The average molecular weight is 408 g/mol. The van der Waals surface area contributed by atoms with Crippen LogP contribution in [0.4, 0.5) is 5.69 Å². The van der Waals surface area contributed by atoms with E-state index in [1.165, 1.54) is 18.7 Å². The second kappa shape index (κ2) is 9.49. The third-order valence-corrected chi connectivity index (χ3v) is 4.57. The molecule has 2 aromatic rings. The summed E-state index contributed by atoms with van der Waals surface area (Å²) < 4.78 is 6.60. The summed E-state index contributed by atoms with van der Waals surface area (Å²) in [5, 5.41) is 2.81. The van der Waals surface area contributed by atoms with E-state index in [1.54, 1.807) is 24.3 Å². The quantitative estimate of drug-likeness (QED) is 0.520. The predicted octanol–water partition coefficient (Wildman–Crippen LogP) is 4.40. The molecule has 0 bridgehead atoms. The number of carbonyl (C=O) groups is 2. The summed E-state index contributed by atoms with van der Waals surface area (Å²) >= 11 is 4.88. The molecule has 0 unspecified atom stereocenters. The van der Waals surface area contributed by atoms with Crippen LogP contribution in [0.2, 0.25) is 0 Å². The Morgan fingerprint density at radius 3 is 2.38 bits per heavy atom. The van der Waals surface area contributed by atoms with E-state index in [1.807, 2.05) is 24.3 Å². The topological polar surface area (TPSA) is 55.4 Å². The van der Waals surface area contributed by atoms with E-state index in [9.17, 15) is 9.59 Å². The van der Waals surface area contributed by atoms with Crippen LogP contribution in [0.25, 0.3) is 0 Å². The zero-order valence-corrected chi connectivity index (χ0v) is 15.7. The molecule has 0 spiro atoms. The summed E-state index contributed by atoms with van der Waals surface area (Å²) in [6.45, 7) is 2.06. The van der Waals surface area contributed by atoms with Crippen molar-refractivity contribution in [2.24, 2.45) is 0 Å². The van der Waals surface area contributed by atoms with Gasteiger partial charge in [0, 0.05) is 21.5 Å². The Balaban J connectivity index is 1.64. The fourth-order valence-electron chi connectivity index (χ4n) is 1.90. The molecule has 0 aliphatic carbocycles. The maximum atomic E-state index is 11.9. The molecule has 0 aliphatic heterocycles. The fourth-order valence-corrected chi connectivity index (χ4v) is 2.77. The lowest BCUT2D eigenvalue weighted by Crippen LogP contribution is -2.15. The number of halogens is 1. The number of thioether (sulfide) groups is 1. The first-order valence-corrected chi connectivity index (χ1v) is 9.36. The lowest BCUT2D eigenvalue weighted by atomic mass is 10.1. The standard InChI is InChI=1S/C18H18BrNO3S/c1-13(21)14-2-6-16(7-3-14)20-18(22)12-24-11-10-23-17-8-4-15(19)5-9-17/h2-9H,10-12H2,1H3,(H,20,22). The first-order valence-electron chi connectivity index (χ1n) is 7.41. The molecule has 6 heteroatoms. The van der Waals surface area contributed by atoms with E-state index >= 15 is 0 Å². The van der Waals surface area contributed by atoms with Crippen molar-refractivity contribution in [3.63, 3.8) is 0 Å². The highest BCUT2D eigenvalue weighted by Gasteiger charge is 2.04. The zero-order chi connectivity index (χ0) is 17.4. The van der Waals surface area contributed by atoms with E-state index < -0.39 is 0 Å². The third-order valence-electron chi connectivity index (χ3n) is 3.12. The molecule has 2 aromatic carbocycles.